The molecule has 1 fully saturated rings. The second kappa shape index (κ2) is 4.58. The van der Waals surface area contributed by atoms with Gasteiger partial charge in [0.1, 0.15) is 0 Å². The number of carbonyl (C=O) groups excluding carboxylic acids is 1. The lowest BCUT2D eigenvalue weighted by molar-refractivity contribution is 0.255. The van der Waals surface area contributed by atoms with Gasteiger partial charge in [0.25, 0.3) is 0 Å². The third kappa shape index (κ3) is 1.91. The Morgan fingerprint density at radius 1 is 1.44 bits per heavy atom. The van der Waals surface area contributed by atoms with E-state index < -0.39 is 0 Å². The van der Waals surface area contributed by atoms with Crippen molar-refractivity contribution in [2.24, 2.45) is 4.99 Å². The monoisotopic (exact) mass is 219 g/mol. The molecule has 1 aliphatic rings. The molecule has 0 radical (unpaired) electrons. The Kier molecular flexibility index (Phi) is 3.16. The van der Waals surface area contributed by atoms with Gasteiger partial charge in [0, 0.05) is 6.42 Å². The van der Waals surface area contributed by atoms with Crippen LogP contribution in [0.5, 0.6) is 0 Å². The summed E-state index contributed by atoms with van der Waals surface area (Å²) in [5.74, 6) is 0. The van der Waals surface area contributed by atoms with Crippen molar-refractivity contribution in [3.05, 3.63) is 35.4 Å². The molecular weight excluding hydrogens is 205 g/mol. The van der Waals surface area contributed by atoms with E-state index in [1.54, 1.807) is 6.08 Å². The lowest BCUT2D eigenvalue weighted by Crippen LogP contribution is -2.31. The summed E-state index contributed by atoms with van der Waals surface area (Å²) in [6.45, 7) is -0.354. The molecule has 3 heteroatoms. The molecule has 1 aromatic carbocycles. The van der Waals surface area contributed by atoms with Crippen molar-refractivity contribution in [2.45, 2.75) is 31.2 Å². The molecule has 16 heavy (non-hydrogen) atoms. The molecule has 1 aromatic rings. The van der Waals surface area contributed by atoms with Crippen LogP contribution in [-0.2, 0) is 16.8 Å². The van der Waals surface area contributed by atoms with Crippen LogP contribution in [0.1, 0.15) is 30.4 Å². The van der Waals surface area contributed by atoms with E-state index in [1.165, 1.54) is 0 Å². The molecule has 0 aromatic heterocycles. The van der Waals surface area contributed by atoms with Gasteiger partial charge in [0.2, 0.25) is 6.08 Å². The number of aryl methyl sites for hydroxylation is 1. The third-order valence-corrected chi connectivity index (χ3v) is 3.29. The fraction of sp³-hybridized carbons (Fsp3) is 0.462. The van der Waals surface area contributed by atoms with E-state index in [9.17, 15) is 9.18 Å². The van der Waals surface area contributed by atoms with Crippen LogP contribution in [0, 0.1) is 0 Å². The second-order valence-electron chi connectivity index (χ2n) is 4.23. The number of halogens is 1. The van der Waals surface area contributed by atoms with Crippen LogP contribution in [0.4, 0.5) is 4.39 Å². The van der Waals surface area contributed by atoms with E-state index in [2.05, 4.69) is 4.99 Å². The van der Waals surface area contributed by atoms with Crippen molar-refractivity contribution in [1.29, 1.82) is 0 Å². The Morgan fingerprint density at radius 2 is 2.25 bits per heavy atom. The minimum Gasteiger partial charge on any atom is -0.251 e. The Labute approximate surface area is 94.2 Å². The van der Waals surface area contributed by atoms with Gasteiger partial charge in [-0.05, 0) is 30.4 Å². The predicted molar refractivity (Wildman–Crippen MR) is 59.8 cm³/mol. The number of aliphatic imine (C=N–C) groups is 1. The highest BCUT2D eigenvalue weighted by Crippen LogP contribution is 2.44. The summed E-state index contributed by atoms with van der Waals surface area (Å²) in [5.41, 5.74) is 1.62. The molecule has 2 rings (SSSR count). The van der Waals surface area contributed by atoms with Crippen LogP contribution >= 0.6 is 0 Å². The highest BCUT2D eigenvalue weighted by Gasteiger charge is 2.38. The van der Waals surface area contributed by atoms with Gasteiger partial charge >= 0.3 is 0 Å². The molecule has 0 amide bonds. The van der Waals surface area contributed by atoms with Crippen LogP contribution in [0.25, 0.3) is 0 Å². The highest BCUT2D eigenvalue weighted by molar-refractivity contribution is 5.40. The van der Waals surface area contributed by atoms with Gasteiger partial charge in [-0.15, -0.1) is 0 Å². The minimum absolute atomic E-state index is 0.354. The summed E-state index contributed by atoms with van der Waals surface area (Å²) in [6, 6.07) is 7.72. The molecule has 0 bridgehead atoms. The number of hydrogen-bond acceptors (Lipinski definition) is 2. The molecule has 0 atom stereocenters. The van der Waals surface area contributed by atoms with Crippen LogP contribution in [-0.4, -0.2) is 12.8 Å². The van der Waals surface area contributed by atoms with E-state index in [0.29, 0.717) is 6.42 Å². The molecule has 0 N–H and O–H groups in total. The van der Waals surface area contributed by atoms with Gasteiger partial charge < -0.3 is 0 Å². The first-order valence-corrected chi connectivity index (χ1v) is 5.55. The zero-order chi connectivity index (χ0) is 11.4. The molecular formula is C13H14FNO. The summed E-state index contributed by atoms with van der Waals surface area (Å²) in [5, 5.41) is 0. The highest BCUT2D eigenvalue weighted by atomic mass is 19.1. The van der Waals surface area contributed by atoms with Crippen LogP contribution in [0.3, 0.4) is 0 Å². The number of benzene rings is 1. The summed E-state index contributed by atoms with van der Waals surface area (Å²) < 4.78 is 12.3. The van der Waals surface area contributed by atoms with Crippen molar-refractivity contribution < 1.29 is 9.18 Å². The Balaban J connectivity index is 2.31. The predicted octanol–water partition coefficient (Wildman–Crippen LogP) is 2.91. The van der Waals surface area contributed by atoms with E-state index in [0.717, 1.165) is 30.4 Å². The summed E-state index contributed by atoms with van der Waals surface area (Å²) >= 11 is 0. The molecule has 2 nitrogen and oxygen atoms in total. The summed E-state index contributed by atoms with van der Waals surface area (Å²) in [6.07, 6.45) is 4.95. The van der Waals surface area contributed by atoms with Gasteiger partial charge in [0.05, 0.1) is 12.2 Å². The molecule has 0 heterocycles. The zero-order valence-corrected chi connectivity index (χ0v) is 9.08. The zero-order valence-electron chi connectivity index (χ0n) is 9.08. The summed E-state index contributed by atoms with van der Waals surface area (Å²) in [4.78, 5) is 14.4. The standard InChI is InChI=1S/C13H14FNO/c14-8-5-11-3-1-4-12(9-11)13(15-10-16)6-2-7-13/h1,3-4,9H,2,5-8H2. The number of isocyanates is 1. The molecule has 1 saturated carbocycles. The maximum Gasteiger partial charge on any atom is 0.235 e. The SMILES string of the molecule is O=C=NC1(c2cccc(CCF)c2)CCC1. The van der Waals surface area contributed by atoms with Gasteiger partial charge in [-0.2, -0.15) is 4.99 Å². The number of hydrogen-bond donors (Lipinski definition) is 0. The molecule has 0 unspecified atom stereocenters. The summed E-state index contributed by atoms with van der Waals surface area (Å²) in [7, 11) is 0. The van der Waals surface area contributed by atoms with Crippen molar-refractivity contribution in [1.82, 2.24) is 0 Å². The van der Waals surface area contributed by atoms with Crippen LogP contribution in [0.15, 0.2) is 29.3 Å². The van der Waals surface area contributed by atoms with Gasteiger partial charge in [0.15, 0.2) is 0 Å². The minimum atomic E-state index is -0.367. The maximum atomic E-state index is 12.3. The van der Waals surface area contributed by atoms with Gasteiger partial charge in [-0.3, -0.25) is 4.39 Å². The smallest absolute Gasteiger partial charge is 0.235 e. The first-order chi connectivity index (χ1) is 7.80. The Hall–Kier alpha value is -1.47. The third-order valence-electron chi connectivity index (χ3n) is 3.29. The lowest BCUT2D eigenvalue weighted by atomic mass is 9.72. The van der Waals surface area contributed by atoms with E-state index in [4.69, 9.17) is 0 Å². The number of nitrogens with zero attached hydrogens (tertiary/aromatic N) is 1. The van der Waals surface area contributed by atoms with Crippen molar-refractivity contribution in [2.75, 3.05) is 6.67 Å². The van der Waals surface area contributed by atoms with Gasteiger partial charge in [-0.25, -0.2) is 4.79 Å². The van der Waals surface area contributed by atoms with Crippen LogP contribution < -0.4 is 0 Å². The molecule has 0 spiro atoms. The van der Waals surface area contributed by atoms with E-state index in [1.807, 2.05) is 24.3 Å². The molecule has 0 aliphatic heterocycles. The van der Waals surface area contributed by atoms with Crippen LogP contribution in [0.2, 0.25) is 0 Å². The average Bonchev–Trinajstić information content (AvgIpc) is 2.24. The average molecular weight is 219 g/mol. The molecule has 0 saturated heterocycles. The van der Waals surface area contributed by atoms with E-state index in [-0.39, 0.29) is 12.2 Å². The fourth-order valence-electron chi connectivity index (χ4n) is 2.19. The van der Waals surface area contributed by atoms with E-state index >= 15 is 0 Å². The number of alkyl halides is 1. The van der Waals surface area contributed by atoms with Crippen molar-refractivity contribution in [3.8, 4) is 0 Å². The molecule has 1 aliphatic carbocycles. The Morgan fingerprint density at radius 3 is 2.81 bits per heavy atom. The molecule has 84 valence electrons. The topological polar surface area (TPSA) is 29.4 Å². The first-order valence-electron chi connectivity index (χ1n) is 5.55. The van der Waals surface area contributed by atoms with Crippen molar-refractivity contribution >= 4 is 6.08 Å². The van der Waals surface area contributed by atoms with Gasteiger partial charge in [-0.1, -0.05) is 24.3 Å². The first kappa shape index (κ1) is 11.0. The number of rotatable bonds is 4. The quantitative estimate of drug-likeness (QED) is 0.565. The lowest BCUT2D eigenvalue weighted by Gasteiger charge is -2.37. The Bertz CT molecular complexity index is 420. The fourth-order valence-corrected chi connectivity index (χ4v) is 2.19. The maximum absolute atomic E-state index is 12.3. The van der Waals surface area contributed by atoms with Crippen molar-refractivity contribution in [3.63, 3.8) is 0 Å². The second-order valence-corrected chi connectivity index (χ2v) is 4.23. The largest absolute Gasteiger partial charge is 0.251 e. The normalized spacial score (nSPS) is 17.3.